The van der Waals surface area contributed by atoms with Gasteiger partial charge in [-0.05, 0) is 25.5 Å². The van der Waals surface area contributed by atoms with Crippen molar-refractivity contribution in [3.8, 4) is 11.3 Å². The molecule has 0 fully saturated rings. The van der Waals surface area contributed by atoms with Gasteiger partial charge in [-0.15, -0.1) is 0 Å². The summed E-state index contributed by atoms with van der Waals surface area (Å²) in [6, 6.07) is 5.73. The maximum atomic E-state index is 6.03. The number of nitrogens with two attached hydrogens (primary N) is 1. The smallest absolute Gasteiger partial charge is 0.172 e. The topological polar surface area (TPSA) is 52.0 Å². The zero-order valence-electron chi connectivity index (χ0n) is 8.54. The Bertz CT molecular complexity index is 505. The first kappa shape index (κ1) is 10.1. The predicted octanol–water partition coefficient (Wildman–Crippen LogP) is 3.19. The van der Waals surface area contributed by atoms with Gasteiger partial charge in [-0.25, -0.2) is 0 Å². The van der Waals surface area contributed by atoms with Crippen molar-refractivity contribution in [3.05, 3.63) is 34.3 Å². The summed E-state index contributed by atoms with van der Waals surface area (Å²) in [5, 5.41) is 4.41. The van der Waals surface area contributed by atoms with Gasteiger partial charge in [0.1, 0.15) is 0 Å². The van der Waals surface area contributed by atoms with E-state index in [1.165, 1.54) is 0 Å². The van der Waals surface area contributed by atoms with E-state index in [4.69, 9.17) is 21.9 Å². The molecule has 0 bridgehead atoms. The molecule has 1 aromatic carbocycles. The number of hydrogen-bond donors (Lipinski definition) is 1. The van der Waals surface area contributed by atoms with Gasteiger partial charge in [-0.1, -0.05) is 28.9 Å². The molecule has 0 atom stereocenters. The molecule has 0 spiro atoms. The molecule has 4 heteroatoms. The molecular weight excluding hydrogens is 212 g/mol. The minimum atomic E-state index is 0.418. The standard InChI is InChI=1S/C11H11ClN2O/c1-6-3-4-8(5-9(6)12)10-7(2)11(13)14-15-10/h3-5H,1-2H3,(H2,13,14). The lowest BCUT2D eigenvalue weighted by molar-refractivity contribution is 0.435. The summed E-state index contributed by atoms with van der Waals surface area (Å²) in [5.74, 6) is 1.09. The second kappa shape index (κ2) is 3.59. The molecule has 3 nitrogen and oxygen atoms in total. The van der Waals surface area contributed by atoms with E-state index in [0.29, 0.717) is 16.6 Å². The summed E-state index contributed by atoms with van der Waals surface area (Å²) in [7, 11) is 0. The van der Waals surface area contributed by atoms with Crippen molar-refractivity contribution < 1.29 is 4.52 Å². The largest absolute Gasteiger partial charge is 0.381 e. The van der Waals surface area contributed by atoms with Crippen LogP contribution in [0.4, 0.5) is 5.82 Å². The molecule has 0 radical (unpaired) electrons. The maximum Gasteiger partial charge on any atom is 0.172 e. The first-order valence-corrected chi connectivity index (χ1v) is 4.95. The second-order valence-electron chi connectivity index (χ2n) is 3.49. The van der Waals surface area contributed by atoms with E-state index in [1.807, 2.05) is 32.0 Å². The average molecular weight is 223 g/mol. The van der Waals surface area contributed by atoms with E-state index in [-0.39, 0.29) is 0 Å². The molecule has 0 saturated carbocycles. The van der Waals surface area contributed by atoms with Crippen LogP contribution in [-0.2, 0) is 0 Å². The number of hydrogen-bond acceptors (Lipinski definition) is 3. The Labute approximate surface area is 92.8 Å². The Morgan fingerprint density at radius 2 is 2.07 bits per heavy atom. The third kappa shape index (κ3) is 1.70. The van der Waals surface area contributed by atoms with Gasteiger partial charge in [0.15, 0.2) is 11.6 Å². The number of aryl methyl sites for hydroxylation is 1. The Kier molecular flexibility index (Phi) is 2.40. The van der Waals surface area contributed by atoms with Crippen LogP contribution >= 0.6 is 11.6 Å². The third-order valence-corrected chi connectivity index (χ3v) is 2.80. The van der Waals surface area contributed by atoms with Crippen molar-refractivity contribution in [2.45, 2.75) is 13.8 Å². The van der Waals surface area contributed by atoms with E-state index >= 15 is 0 Å². The highest BCUT2D eigenvalue weighted by Gasteiger charge is 2.11. The molecular formula is C11H11ClN2O. The normalized spacial score (nSPS) is 10.6. The third-order valence-electron chi connectivity index (χ3n) is 2.39. The molecule has 0 aliphatic carbocycles. The van der Waals surface area contributed by atoms with Gasteiger partial charge in [-0.2, -0.15) is 0 Å². The van der Waals surface area contributed by atoms with Crippen LogP contribution in [0.5, 0.6) is 0 Å². The lowest BCUT2D eigenvalue weighted by Gasteiger charge is -2.01. The number of nitrogen functional groups attached to an aromatic ring is 1. The number of rotatable bonds is 1. The average Bonchev–Trinajstić information content (AvgIpc) is 2.53. The summed E-state index contributed by atoms with van der Waals surface area (Å²) in [5.41, 5.74) is 8.38. The first-order chi connectivity index (χ1) is 7.09. The Morgan fingerprint density at radius 3 is 2.60 bits per heavy atom. The minimum absolute atomic E-state index is 0.418. The molecule has 2 aromatic rings. The van der Waals surface area contributed by atoms with E-state index in [1.54, 1.807) is 0 Å². The van der Waals surface area contributed by atoms with Crippen LogP contribution in [0.15, 0.2) is 22.7 Å². The van der Waals surface area contributed by atoms with Crippen LogP contribution in [0.2, 0.25) is 5.02 Å². The van der Waals surface area contributed by atoms with Crippen molar-refractivity contribution in [1.82, 2.24) is 5.16 Å². The Hall–Kier alpha value is -1.48. The summed E-state index contributed by atoms with van der Waals surface area (Å²) in [6.45, 7) is 3.82. The lowest BCUT2D eigenvalue weighted by atomic mass is 10.1. The molecule has 0 unspecified atom stereocenters. The molecule has 0 saturated heterocycles. The molecule has 15 heavy (non-hydrogen) atoms. The van der Waals surface area contributed by atoms with Gasteiger partial charge in [0.2, 0.25) is 0 Å². The predicted molar refractivity (Wildman–Crippen MR) is 60.8 cm³/mol. The van der Waals surface area contributed by atoms with Crippen molar-refractivity contribution in [2.75, 3.05) is 5.73 Å². The van der Waals surface area contributed by atoms with E-state index in [9.17, 15) is 0 Å². The number of anilines is 1. The van der Waals surface area contributed by atoms with Crippen LogP contribution in [0.25, 0.3) is 11.3 Å². The minimum Gasteiger partial charge on any atom is -0.381 e. The highest BCUT2D eigenvalue weighted by Crippen LogP contribution is 2.29. The Morgan fingerprint density at radius 1 is 1.33 bits per heavy atom. The van der Waals surface area contributed by atoms with Crippen LogP contribution in [-0.4, -0.2) is 5.16 Å². The maximum absolute atomic E-state index is 6.03. The summed E-state index contributed by atoms with van der Waals surface area (Å²) < 4.78 is 5.14. The zero-order chi connectivity index (χ0) is 11.0. The fourth-order valence-electron chi connectivity index (χ4n) is 1.35. The zero-order valence-corrected chi connectivity index (χ0v) is 9.30. The highest BCUT2D eigenvalue weighted by molar-refractivity contribution is 6.31. The van der Waals surface area contributed by atoms with Crippen molar-refractivity contribution >= 4 is 17.4 Å². The van der Waals surface area contributed by atoms with E-state index in [2.05, 4.69) is 5.16 Å². The molecule has 2 N–H and O–H groups in total. The highest BCUT2D eigenvalue weighted by atomic mass is 35.5. The first-order valence-electron chi connectivity index (χ1n) is 4.58. The van der Waals surface area contributed by atoms with Gasteiger partial charge < -0.3 is 10.3 Å². The number of halogens is 1. The van der Waals surface area contributed by atoms with Gasteiger partial charge in [0, 0.05) is 16.1 Å². The molecule has 1 heterocycles. The van der Waals surface area contributed by atoms with Gasteiger partial charge >= 0.3 is 0 Å². The molecule has 1 aromatic heterocycles. The fourth-order valence-corrected chi connectivity index (χ4v) is 1.53. The summed E-state index contributed by atoms with van der Waals surface area (Å²) in [4.78, 5) is 0. The molecule has 2 rings (SSSR count). The second-order valence-corrected chi connectivity index (χ2v) is 3.89. The van der Waals surface area contributed by atoms with E-state index < -0.39 is 0 Å². The molecule has 0 amide bonds. The fraction of sp³-hybridized carbons (Fsp3) is 0.182. The van der Waals surface area contributed by atoms with Crippen LogP contribution in [0, 0.1) is 13.8 Å². The quantitative estimate of drug-likeness (QED) is 0.806. The molecule has 78 valence electrons. The summed E-state index contributed by atoms with van der Waals surface area (Å²) >= 11 is 6.03. The lowest BCUT2D eigenvalue weighted by Crippen LogP contribution is -1.86. The molecule has 0 aliphatic heterocycles. The molecule has 0 aliphatic rings. The van der Waals surface area contributed by atoms with Gasteiger partial charge in [-0.3, -0.25) is 0 Å². The monoisotopic (exact) mass is 222 g/mol. The van der Waals surface area contributed by atoms with Crippen LogP contribution in [0.1, 0.15) is 11.1 Å². The van der Waals surface area contributed by atoms with Gasteiger partial charge in [0.25, 0.3) is 0 Å². The Balaban J connectivity index is 2.55. The number of nitrogens with zero attached hydrogens (tertiary/aromatic N) is 1. The number of aromatic nitrogens is 1. The summed E-state index contributed by atoms with van der Waals surface area (Å²) in [6.07, 6.45) is 0. The van der Waals surface area contributed by atoms with Crippen LogP contribution in [0.3, 0.4) is 0 Å². The van der Waals surface area contributed by atoms with Gasteiger partial charge in [0.05, 0.1) is 0 Å². The van der Waals surface area contributed by atoms with E-state index in [0.717, 1.165) is 16.7 Å². The SMILES string of the molecule is Cc1ccc(-c2onc(N)c2C)cc1Cl. The number of benzene rings is 1. The van der Waals surface area contributed by atoms with Crippen molar-refractivity contribution in [1.29, 1.82) is 0 Å². The van der Waals surface area contributed by atoms with Crippen molar-refractivity contribution in [2.24, 2.45) is 0 Å². The van der Waals surface area contributed by atoms with Crippen molar-refractivity contribution in [3.63, 3.8) is 0 Å². The van der Waals surface area contributed by atoms with Crippen LogP contribution < -0.4 is 5.73 Å².